The van der Waals surface area contributed by atoms with Crippen molar-refractivity contribution in [2.45, 2.75) is 78.5 Å². The fourth-order valence-corrected chi connectivity index (χ4v) is 4.02. The molecule has 0 heterocycles. The summed E-state index contributed by atoms with van der Waals surface area (Å²) in [6.45, 7) is 7.85. The van der Waals surface area contributed by atoms with Crippen molar-refractivity contribution in [1.29, 1.82) is 0 Å². The van der Waals surface area contributed by atoms with Crippen molar-refractivity contribution in [3.63, 3.8) is 0 Å². The zero-order valence-corrected chi connectivity index (χ0v) is 27.5. The summed E-state index contributed by atoms with van der Waals surface area (Å²) in [5.74, 6) is -2.17. The number of hydrogen-bond acceptors (Lipinski definition) is 7. The minimum Gasteiger partial charge on any atom is -0.461 e. The van der Waals surface area contributed by atoms with Gasteiger partial charge in [0, 0.05) is 25.2 Å². The molecule has 7 N–H and O–H groups in total. The van der Waals surface area contributed by atoms with Crippen LogP contribution in [0.4, 0.5) is 10.5 Å². The normalized spacial score (nSPS) is 12.2. The molecule has 13 nitrogen and oxygen atoms in total. The summed E-state index contributed by atoms with van der Waals surface area (Å²) in [5, 5.41) is 13.5. The quantitative estimate of drug-likeness (QED) is 0.0546. The molecule has 2 atom stereocenters. The summed E-state index contributed by atoms with van der Waals surface area (Å²) in [4.78, 5) is 73.1. The highest BCUT2D eigenvalue weighted by molar-refractivity contribution is 14.1. The van der Waals surface area contributed by atoms with Gasteiger partial charge < -0.3 is 37.1 Å². The number of nitrogens with one attached hydrogen (secondary N) is 5. The minimum absolute atomic E-state index is 0.0630. The number of ether oxygens (including phenoxy) is 1. The predicted octanol–water partition coefficient (Wildman–Crippen LogP) is 2.12. The number of anilines is 1. The number of amides is 6. The fraction of sp³-hybridized carbons (Fsp3) is 0.586. The maximum absolute atomic E-state index is 13.2. The van der Waals surface area contributed by atoms with Crippen LogP contribution in [0.3, 0.4) is 0 Å². The highest BCUT2D eigenvalue weighted by Gasteiger charge is 2.28. The van der Waals surface area contributed by atoms with E-state index in [1.807, 2.05) is 22.6 Å². The molecule has 240 valence electrons. The van der Waals surface area contributed by atoms with E-state index in [1.165, 1.54) is 0 Å². The summed E-state index contributed by atoms with van der Waals surface area (Å²) < 4.78 is 5.59. The largest absolute Gasteiger partial charge is 0.461 e. The molecule has 43 heavy (non-hydrogen) atoms. The average Bonchev–Trinajstić information content (AvgIpc) is 2.95. The molecule has 1 rings (SSSR count). The minimum atomic E-state index is -0.964. The number of halogens is 1. The molecule has 0 aromatic heterocycles. The van der Waals surface area contributed by atoms with Crippen LogP contribution >= 0.6 is 22.6 Å². The van der Waals surface area contributed by atoms with Crippen LogP contribution in [0, 0.1) is 11.8 Å². The molecule has 0 saturated carbocycles. The molecule has 0 radical (unpaired) electrons. The summed E-state index contributed by atoms with van der Waals surface area (Å²) >= 11 is 1.97. The van der Waals surface area contributed by atoms with E-state index < -0.39 is 29.9 Å². The summed E-state index contributed by atoms with van der Waals surface area (Å²) in [6.07, 6.45) is 1.90. The third-order valence-corrected chi connectivity index (χ3v) is 6.91. The topological polar surface area (TPSA) is 198 Å². The summed E-state index contributed by atoms with van der Waals surface area (Å²) in [5.41, 5.74) is 6.34. The lowest BCUT2D eigenvalue weighted by Gasteiger charge is -2.25. The zero-order chi connectivity index (χ0) is 32.4. The average molecular weight is 717 g/mol. The highest BCUT2D eigenvalue weighted by atomic mass is 127. The Morgan fingerprint density at radius 3 is 2.07 bits per heavy atom. The lowest BCUT2D eigenvalue weighted by atomic mass is 10.0. The smallest absolute Gasteiger partial charge is 0.312 e. The highest BCUT2D eigenvalue weighted by Crippen LogP contribution is 2.13. The monoisotopic (exact) mass is 716 g/mol. The lowest BCUT2D eigenvalue weighted by Crippen LogP contribution is -2.54. The van der Waals surface area contributed by atoms with E-state index in [2.05, 4.69) is 26.6 Å². The van der Waals surface area contributed by atoms with Crippen molar-refractivity contribution in [3.8, 4) is 0 Å². The number of urea groups is 1. The van der Waals surface area contributed by atoms with Gasteiger partial charge in [-0.25, -0.2) is 4.79 Å². The molecule has 0 aliphatic heterocycles. The fourth-order valence-electron chi connectivity index (χ4n) is 3.75. The number of benzene rings is 1. The Kier molecular flexibility index (Phi) is 17.9. The molecule has 0 fully saturated rings. The number of unbranched alkanes of at least 4 members (excludes halogenated alkanes) is 1. The van der Waals surface area contributed by atoms with E-state index in [1.54, 1.807) is 52.0 Å². The maximum Gasteiger partial charge on any atom is 0.312 e. The van der Waals surface area contributed by atoms with Crippen LogP contribution < -0.4 is 32.3 Å². The van der Waals surface area contributed by atoms with Crippen LogP contribution in [0.1, 0.15) is 65.4 Å². The van der Waals surface area contributed by atoms with Gasteiger partial charge in [0.25, 0.3) is 0 Å². The number of esters is 1. The van der Waals surface area contributed by atoms with Gasteiger partial charge in [-0.2, -0.15) is 0 Å². The first-order valence-electron chi connectivity index (χ1n) is 14.4. The van der Waals surface area contributed by atoms with Crippen molar-refractivity contribution >= 4 is 63.9 Å². The van der Waals surface area contributed by atoms with Crippen LogP contribution in [0.25, 0.3) is 0 Å². The molecule has 14 heteroatoms. The Balaban J connectivity index is 2.82. The Morgan fingerprint density at radius 1 is 0.837 bits per heavy atom. The predicted molar refractivity (Wildman–Crippen MR) is 171 cm³/mol. The molecule has 0 unspecified atom stereocenters. The van der Waals surface area contributed by atoms with Crippen molar-refractivity contribution < 1.29 is 33.5 Å². The number of alkyl halides is 1. The van der Waals surface area contributed by atoms with Gasteiger partial charge in [-0.15, -0.1) is 0 Å². The van der Waals surface area contributed by atoms with Crippen LogP contribution in [0.15, 0.2) is 24.3 Å². The van der Waals surface area contributed by atoms with E-state index in [0.29, 0.717) is 35.9 Å². The van der Waals surface area contributed by atoms with E-state index in [0.717, 1.165) is 5.56 Å². The Labute approximate surface area is 266 Å². The molecule has 0 aliphatic carbocycles. The second kappa shape index (κ2) is 20.5. The molecule has 6 amide bonds. The van der Waals surface area contributed by atoms with Crippen LogP contribution in [-0.2, 0) is 35.3 Å². The molecule has 1 aromatic carbocycles. The van der Waals surface area contributed by atoms with Gasteiger partial charge in [0.2, 0.25) is 23.6 Å². The molecule has 0 spiro atoms. The standard InChI is InChI=1S/C29H45IN6O7/c1-18(2)25(36-23(37)9-5-6-14-32-24(38)16-30)27(40)35-22(8-7-15-33-29(31)42)26(39)34-21-12-10-20(11-13-21)17-43-28(41)19(3)4/h10-13,18-19,22,25H,5-9,14-17H2,1-4H3,(H,32,38)(H,34,39)(H,35,40)(H,36,37)(H3,31,33,42)/t22-,25-/m1/s1. The van der Waals surface area contributed by atoms with Gasteiger partial charge in [0.05, 0.1) is 10.3 Å². The van der Waals surface area contributed by atoms with Gasteiger partial charge in [0.1, 0.15) is 18.7 Å². The second-order valence-corrected chi connectivity index (χ2v) is 11.4. The number of hydrogen-bond donors (Lipinski definition) is 6. The van der Waals surface area contributed by atoms with Crippen LogP contribution in [-0.4, -0.2) is 65.2 Å². The van der Waals surface area contributed by atoms with Gasteiger partial charge in [-0.3, -0.25) is 24.0 Å². The van der Waals surface area contributed by atoms with Crippen LogP contribution in [0.2, 0.25) is 0 Å². The molecule has 0 aliphatic rings. The molecule has 1 aromatic rings. The third-order valence-electron chi connectivity index (χ3n) is 6.22. The Hall–Kier alpha value is -3.43. The van der Waals surface area contributed by atoms with Crippen molar-refractivity contribution in [1.82, 2.24) is 21.3 Å². The number of nitrogens with two attached hydrogens (primary N) is 1. The number of rotatable bonds is 19. The van der Waals surface area contributed by atoms with E-state index in [4.69, 9.17) is 10.5 Å². The summed E-state index contributed by atoms with van der Waals surface area (Å²) in [6, 6.07) is 4.22. The number of carbonyl (C=O) groups excluding carboxylic acids is 6. The number of primary amides is 1. The lowest BCUT2D eigenvalue weighted by molar-refractivity contribution is -0.148. The first-order chi connectivity index (χ1) is 20.3. The zero-order valence-electron chi connectivity index (χ0n) is 25.3. The Morgan fingerprint density at radius 2 is 1.49 bits per heavy atom. The van der Waals surface area contributed by atoms with Gasteiger partial charge >= 0.3 is 12.0 Å². The van der Waals surface area contributed by atoms with E-state index >= 15 is 0 Å². The summed E-state index contributed by atoms with van der Waals surface area (Å²) in [7, 11) is 0. The number of carbonyl (C=O) groups is 6. The van der Waals surface area contributed by atoms with Gasteiger partial charge in [-0.05, 0) is 49.3 Å². The van der Waals surface area contributed by atoms with Crippen molar-refractivity contribution in [2.24, 2.45) is 17.6 Å². The van der Waals surface area contributed by atoms with Crippen LogP contribution in [0.5, 0.6) is 0 Å². The third kappa shape index (κ3) is 16.1. The molecule has 0 bridgehead atoms. The van der Waals surface area contributed by atoms with Gasteiger partial charge in [-0.1, -0.05) is 62.4 Å². The van der Waals surface area contributed by atoms with E-state index in [9.17, 15) is 28.8 Å². The maximum atomic E-state index is 13.2. The van der Waals surface area contributed by atoms with Gasteiger partial charge in [0.15, 0.2) is 0 Å². The van der Waals surface area contributed by atoms with Crippen molar-refractivity contribution in [3.05, 3.63) is 29.8 Å². The Bertz CT molecular complexity index is 1080. The first-order valence-corrected chi connectivity index (χ1v) is 15.9. The first kappa shape index (κ1) is 37.6. The molecular weight excluding hydrogens is 671 g/mol. The molecular formula is C29H45IN6O7. The SMILES string of the molecule is CC(C)C(=O)OCc1ccc(NC(=O)[C@@H](CCCNC(N)=O)NC(=O)[C@H](NC(=O)CCCCNC(=O)CI)C(C)C)cc1. The molecule has 0 saturated heterocycles. The van der Waals surface area contributed by atoms with E-state index in [-0.39, 0.29) is 55.6 Å². The second-order valence-electron chi connectivity index (χ2n) is 10.7. The van der Waals surface area contributed by atoms with Crippen molar-refractivity contribution in [2.75, 3.05) is 22.8 Å².